The predicted molar refractivity (Wildman–Crippen MR) is 94.7 cm³/mol. The normalized spacial score (nSPS) is 13.8. The van der Waals surface area contributed by atoms with Gasteiger partial charge in [-0.25, -0.2) is 4.68 Å². The van der Waals surface area contributed by atoms with Gasteiger partial charge in [0.05, 0.1) is 18.5 Å². The Hall–Kier alpha value is -2.25. The van der Waals surface area contributed by atoms with E-state index in [-0.39, 0.29) is 26.6 Å². The van der Waals surface area contributed by atoms with E-state index in [1.165, 1.54) is 0 Å². The summed E-state index contributed by atoms with van der Waals surface area (Å²) in [5, 5.41) is 24.0. The summed E-state index contributed by atoms with van der Waals surface area (Å²) in [4.78, 5) is 12.5. The molecule has 1 aliphatic rings. The fourth-order valence-corrected chi connectivity index (χ4v) is 3.80. The van der Waals surface area contributed by atoms with E-state index in [0.29, 0.717) is 0 Å². The van der Waals surface area contributed by atoms with Crippen LogP contribution in [0.2, 0.25) is 0 Å². The van der Waals surface area contributed by atoms with E-state index in [2.05, 4.69) is 25.9 Å². The molecule has 134 valence electrons. The zero-order valence-electron chi connectivity index (χ0n) is 12.8. The fourth-order valence-electron chi connectivity index (χ4n) is 2.22. The van der Waals surface area contributed by atoms with Gasteiger partial charge in [0.1, 0.15) is 9.54 Å². The van der Waals surface area contributed by atoms with Crippen molar-refractivity contribution in [2.45, 2.75) is 26.1 Å². The van der Waals surface area contributed by atoms with Gasteiger partial charge in [-0.2, -0.15) is 23.4 Å². The van der Waals surface area contributed by atoms with E-state index < -0.39 is 45.8 Å². The molecule has 0 aromatic carbocycles. The highest BCUT2D eigenvalue weighted by molar-refractivity contribution is 14.2. The predicted octanol–water partition coefficient (Wildman–Crippen LogP) is 2.60. The van der Waals surface area contributed by atoms with Gasteiger partial charge in [0.15, 0.2) is 11.5 Å². The number of rotatable bonds is 4. The lowest BCUT2D eigenvalue weighted by atomic mass is 10.2. The number of halogens is 4. The maximum Gasteiger partial charge on any atom is 0.390 e. The Morgan fingerprint density at radius 1 is 1.48 bits per heavy atom. The average molecular weight is 467 g/mol. The van der Waals surface area contributed by atoms with Gasteiger partial charge in [-0.15, -0.1) is 0 Å². The molecule has 0 aliphatic carbocycles. The SMILES string of the molecule is Cc1cc(NC(=O)c2nn(CCC(F)(F)F)c3c2C(=N)I=CN3)n[nH]1. The summed E-state index contributed by atoms with van der Waals surface area (Å²) in [6.45, 7) is 1.32. The molecule has 0 atom stereocenters. The number of amides is 1. The molecule has 1 amide bonds. The number of alkyl halides is 3. The summed E-state index contributed by atoms with van der Waals surface area (Å²) in [5.74, 6) is -0.104. The molecule has 0 bridgehead atoms. The van der Waals surface area contributed by atoms with Crippen LogP contribution in [0.3, 0.4) is 0 Å². The maximum absolute atomic E-state index is 12.5. The smallest absolute Gasteiger partial charge is 0.341 e. The minimum Gasteiger partial charge on any atom is -0.341 e. The summed E-state index contributed by atoms with van der Waals surface area (Å²) < 4.78 is 40.5. The average Bonchev–Trinajstić information content (AvgIpc) is 3.09. The van der Waals surface area contributed by atoms with E-state index >= 15 is 0 Å². The summed E-state index contributed by atoms with van der Waals surface area (Å²) >= 11 is -0.785. The molecule has 0 saturated carbocycles. The minimum atomic E-state index is -4.34. The third-order valence-corrected chi connectivity index (χ3v) is 5.08. The number of aromatic amines is 1. The van der Waals surface area contributed by atoms with Gasteiger partial charge >= 0.3 is 6.18 Å². The Bertz CT molecular complexity index is 868. The van der Waals surface area contributed by atoms with Crippen LogP contribution in [0.25, 0.3) is 0 Å². The first kappa shape index (κ1) is 17.6. The van der Waals surface area contributed by atoms with Crippen LogP contribution in [0.4, 0.5) is 24.8 Å². The zero-order valence-corrected chi connectivity index (χ0v) is 15.0. The molecule has 0 saturated heterocycles. The van der Waals surface area contributed by atoms with E-state index in [1.54, 1.807) is 17.1 Å². The first-order chi connectivity index (χ1) is 11.7. The lowest BCUT2D eigenvalue weighted by Gasteiger charge is -2.12. The van der Waals surface area contributed by atoms with E-state index in [1.807, 2.05) is 0 Å². The van der Waals surface area contributed by atoms with Gasteiger partial charge in [-0.05, 0) is 27.7 Å². The van der Waals surface area contributed by atoms with Crippen molar-refractivity contribution in [1.82, 2.24) is 20.0 Å². The van der Waals surface area contributed by atoms with Crippen LogP contribution in [-0.2, 0) is 6.54 Å². The minimum absolute atomic E-state index is 0.0804. The van der Waals surface area contributed by atoms with Crippen LogP contribution in [0.1, 0.15) is 28.2 Å². The zero-order chi connectivity index (χ0) is 18.2. The number of carbonyl (C=O) groups excluding carboxylic acids is 1. The summed E-state index contributed by atoms with van der Waals surface area (Å²) in [7, 11) is 0. The highest BCUT2D eigenvalue weighted by Gasteiger charge is 2.31. The second-order valence-electron chi connectivity index (χ2n) is 5.23. The fraction of sp³-hybridized carbons (Fsp3) is 0.308. The molecule has 0 spiro atoms. The molecule has 8 nitrogen and oxygen atoms in total. The molecule has 3 heterocycles. The highest BCUT2D eigenvalue weighted by atomic mass is 127. The molecular formula is C13H13F3IN7O. The third kappa shape index (κ3) is 3.88. The van der Waals surface area contributed by atoms with Crippen molar-refractivity contribution >= 4 is 46.1 Å². The first-order valence-corrected chi connectivity index (χ1v) is 9.38. The van der Waals surface area contributed by atoms with Crippen LogP contribution >= 0.6 is 20.7 Å². The van der Waals surface area contributed by atoms with Gasteiger partial charge < -0.3 is 10.6 Å². The van der Waals surface area contributed by atoms with Crippen molar-refractivity contribution in [3.05, 3.63) is 23.0 Å². The number of hydrogen-bond acceptors (Lipinski definition) is 5. The largest absolute Gasteiger partial charge is 0.390 e. The van der Waals surface area contributed by atoms with Crippen LogP contribution < -0.4 is 10.6 Å². The number of anilines is 2. The number of aryl methyl sites for hydroxylation is 2. The van der Waals surface area contributed by atoms with Crippen LogP contribution in [0.15, 0.2) is 6.07 Å². The van der Waals surface area contributed by atoms with Crippen molar-refractivity contribution < 1.29 is 18.0 Å². The summed E-state index contributed by atoms with van der Waals surface area (Å²) in [6, 6.07) is 1.61. The molecule has 0 fully saturated rings. The Morgan fingerprint density at radius 3 is 2.88 bits per heavy atom. The van der Waals surface area contributed by atoms with E-state index in [0.717, 1.165) is 10.4 Å². The Morgan fingerprint density at radius 2 is 2.24 bits per heavy atom. The van der Waals surface area contributed by atoms with Crippen molar-refractivity contribution in [2.75, 3.05) is 10.6 Å². The molecule has 2 aromatic heterocycles. The topological polar surface area (TPSA) is 111 Å². The van der Waals surface area contributed by atoms with Crippen LogP contribution in [-0.4, -0.2) is 39.9 Å². The molecule has 3 rings (SSSR count). The van der Waals surface area contributed by atoms with Crippen molar-refractivity contribution in [2.24, 2.45) is 0 Å². The van der Waals surface area contributed by atoms with Crippen LogP contribution in [0.5, 0.6) is 0 Å². The van der Waals surface area contributed by atoms with Crippen molar-refractivity contribution in [3.8, 4) is 0 Å². The number of aromatic nitrogens is 4. The number of fused-ring (bicyclic) bond motifs is 1. The van der Waals surface area contributed by atoms with Gasteiger partial charge in [0.25, 0.3) is 5.91 Å². The Balaban J connectivity index is 1.92. The number of nitrogens with one attached hydrogen (secondary N) is 4. The number of carbonyl (C=O) groups is 1. The maximum atomic E-state index is 12.5. The quantitative estimate of drug-likeness (QED) is 0.518. The lowest BCUT2D eigenvalue weighted by Crippen LogP contribution is -2.17. The second-order valence-corrected chi connectivity index (χ2v) is 7.55. The number of H-pyrrole nitrogens is 1. The molecule has 0 radical (unpaired) electrons. The monoisotopic (exact) mass is 467 g/mol. The van der Waals surface area contributed by atoms with Gasteiger partial charge in [-0.3, -0.25) is 15.3 Å². The van der Waals surface area contributed by atoms with Crippen molar-refractivity contribution in [1.29, 1.82) is 5.41 Å². The van der Waals surface area contributed by atoms with Crippen molar-refractivity contribution in [3.63, 3.8) is 0 Å². The van der Waals surface area contributed by atoms with E-state index in [9.17, 15) is 18.0 Å². The number of hydrogen-bond donors (Lipinski definition) is 4. The first-order valence-electron chi connectivity index (χ1n) is 7.06. The molecule has 25 heavy (non-hydrogen) atoms. The molecule has 4 N–H and O–H groups in total. The van der Waals surface area contributed by atoms with Gasteiger partial charge in [-0.1, -0.05) is 0 Å². The molecule has 2 aromatic rings. The number of nitrogens with zero attached hydrogens (tertiary/aromatic N) is 3. The molecule has 0 unspecified atom stereocenters. The summed E-state index contributed by atoms with van der Waals surface area (Å²) in [6.07, 6.45) is -5.42. The Kier molecular flexibility index (Phi) is 4.62. The summed E-state index contributed by atoms with van der Waals surface area (Å²) in [5.41, 5.74) is 0.910. The standard InChI is InChI=1S/C13H13F3IN7O/c1-6-4-7(22-21-6)20-12(25)9-8-10(18)17-5-19-11(8)24(23-9)3-2-13(14,15)16/h4-5,18-19H,2-3H2,1H3,(H2,20,21,22,25). The van der Waals surface area contributed by atoms with Gasteiger partial charge in [0.2, 0.25) is 0 Å². The lowest BCUT2D eigenvalue weighted by molar-refractivity contribution is -0.137. The van der Waals surface area contributed by atoms with Crippen LogP contribution in [0, 0.1) is 12.3 Å². The van der Waals surface area contributed by atoms with Gasteiger partial charge in [0, 0.05) is 15.9 Å². The molecular weight excluding hydrogens is 454 g/mol. The second kappa shape index (κ2) is 6.57. The Labute approximate surface area is 149 Å². The highest BCUT2D eigenvalue weighted by Crippen LogP contribution is 2.30. The molecule has 1 aliphatic heterocycles. The third-order valence-electron chi connectivity index (χ3n) is 3.30. The van der Waals surface area contributed by atoms with E-state index in [4.69, 9.17) is 5.41 Å². The molecule has 12 heteroatoms.